The Labute approximate surface area is 168 Å². The SMILES string of the molecule is COc1ccc(OC)c(CCc2cc3c(=O)[nH]c(NC(=O)C(C)(C)C)nc3[nH]2)c1. The molecular formula is C21H26N4O4. The molecule has 154 valence electrons. The molecule has 0 radical (unpaired) electrons. The van der Waals surface area contributed by atoms with E-state index in [0.717, 1.165) is 22.8 Å². The first-order chi connectivity index (χ1) is 13.7. The first kappa shape index (κ1) is 20.4. The summed E-state index contributed by atoms with van der Waals surface area (Å²) >= 11 is 0. The van der Waals surface area contributed by atoms with Crippen molar-refractivity contribution in [1.29, 1.82) is 0 Å². The second-order valence-electron chi connectivity index (χ2n) is 7.85. The van der Waals surface area contributed by atoms with Crippen LogP contribution >= 0.6 is 0 Å². The molecule has 2 heterocycles. The zero-order chi connectivity index (χ0) is 21.2. The number of carbonyl (C=O) groups excluding carboxylic acids is 1. The Balaban J connectivity index is 1.82. The first-order valence-corrected chi connectivity index (χ1v) is 9.35. The summed E-state index contributed by atoms with van der Waals surface area (Å²) in [5.74, 6) is 1.45. The van der Waals surface area contributed by atoms with E-state index in [1.165, 1.54) is 0 Å². The number of rotatable bonds is 6. The predicted molar refractivity (Wildman–Crippen MR) is 112 cm³/mol. The maximum absolute atomic E-state index is 12.4. The molecule has 0 saturated heterocycles. The van der Waals surface area contributed by atoms with Crippen molar-refractivity contribution >= 4 is 22.9 Å². The van der Waals surface area contributed by atoms with E-state index in [1.807, 2.05) is 18.2 Å². The number of aryl methyl sites for hydroxylation is 2. The second-order valence-corrected chi connectivity index (χ2v) is 7.85. The van der Waals surface area contributed by atoms with Gasteiger partial charge in [-0.25, -0.2) is 0 Å². The van der Waals surface area contributed by atoms with Crippen LogP contribution in [0.5, 0.6) is 11.5 Å². The molecule has 3 rings (SSSR count). The molecule has 3 N–H and O–H groups in total. The molecular weight excluding hydrogens is 372 g/mol. The van der Waals surface area contributed by atoms with Crippen LogP contribution in [0.25, 0.3) is 11.0 Å². The Morgan fingerprint density at radius 2 is 1.86 bits per heavy atom. The summed E-state index contributed by atoms with van der Waals surface area (Å²) in [6.07, 6.45) is 1.35. The van der Waals surface area contributed by atoms with Gasteiger partial charge < -0.3 is 14.5 Å². The lowest BCUT2D eigenvalue weighted by molar-refractivity contribution is -0.123. The van der Waals surface area contributed by atoms with Gasteiger partial charge in [0.2, 0.25) is 11.9 Å². The van der Waals surface area contributed by atoms with Crippen LogP contribution in [0.3, 0.4) is 0 Å². The van der Waals surface area contributed by atoms with Gasteiger partial charge in [-0.15, -0.1) is 0 Å². The molecule has 1 aromatic carbocycles. The Morgan fingerprint density at radius 1 is 1.10 bits per heavy atom. The molecule has 8 heteroatoms. The van der Waals surface area contributed by atoms with E-state index in [2.05, 4.69) is 20.3 Å². The quantitative estimate of drug-likeness (QED) is 0.591. The van der Waals surface area contributed by atoms with Crippen molar-refractivity contribution in [3.63, 3.8) is 0 Å². The minimum atomic E-state index is -0.593. The van der Waals surface area contributed by atoms with Crippen molar-refractivity contribution in [1.82, 2.24) is 15.0 Å². The molecule has 3 aromatic rings. The maximum atomic E-state index is 12.4. The highest BCUT2D eigenvalue weighted by Crippen LogP contribution is 2.25. The standard InChI is InChI=1S/C21H26N4O4/c1-21(2,3)19(27)25-20-23-17-15(18(26)24-20)11-13(22-17)7-6-12-10-14(28-4)8-9-16(12)29-5/h8-11H,6-7H2,1-5H3,(H3,22,23,24,25,26,27). The number of aromatic amines is 2. The molecule has 0 bridgehead atoms. The maximum Gasteiger partial charge on any atom is 0.261 e. The van der Waals surface area contributed by atoms with Crippen molar-refractivity contribution in [3.8, 4) is 11.5 Å². The summed E-state index contributed by atoms with van der Waals surface area (Å²) in [6.45, 7) is 5.37. The summed E-state index contributed by atoms with van der Waals surface area (Å²) < 4.78 is 10.7. The van der Waals surface area contributed by atoms with Crippen molar-refractivity contribution in [2.75, 3.05) is 19.5 Å². The lowest BCUT2D eigenvalue weighted by atomic mass is 9.96. The van der Waals surface area contributed by atoms with Gasteiger partial charge in [-0.2, -0.15) is 4.98 Å². The fraction of sp³-hybridized carbons (Fsp3) is 0.381. The number of aromatic nitrogens is 3. The number of fused-ring (bicyclic) bond motifs is 1. The van der Waals surface area contributed by atoms with E-state index >= 15 is 0 Å². The monoisotopic (exact) mass is 398 g/mol. The normalized spacial score (nSPS) is 11.5. The Hall–Kier alpha value is -3.29. The molecule has 8 nitrogen and oxygen atoms in total. The van der Waals surface area contributed by atoms with Crippen LogP contribution in [0.2, 0.25) is 0 Å². The summed E-state index contributed by atoms with van der Waals surface area (Å²) in [7, 11) is 3.25. The van der Waals surface area contributed by atoms with Crippen LogP contribution in [0.1, 0.15) is 32.0 Å². The minimum Gasteiger partial charge on any atom is -0.497 e. The van der Waals surface area contributed by atoms with Crippen molar-refractivity contribution < 1.29 is 14.3 Å². The van der Waals surface area contributed by atoms with Crippen molar-refractivity contribution in [2.45, 2.75) is 33.6 Å². The summed E-state index contributed by atoms with van der Waals surface area (Å²) in [5, 5.41) is 3.10. The van der Waals surface area contributed by atoms with Crippen LogP contribution in [-0.4, -0.2) is 35.1 Å². The largest absolute Gasteiger partial charge is 0.497 e. The lowest BCUT2D eigenvalue weighted by Gasteiger charge is -2.16. The number of hydrogen-bond donors (Lipinski definition) is 3. The van der Waals surface area contributed by atoms with E-state index in [0.29, 0.717) is 23.9 Å². The summed E-state index contributed by atoms with van der Waals surface area (Å²) in [4.78, 5) is 34.7. The van der Waals surface area contributed by atoms with Gasteiger partial charge in [0.25, 0.3) is 5.56 Å². The molecule has 0 aliphatic heterocycles. The Bertz CT molecular complexity index is 1090. The summed E-state index contributed by atoms with van der Waals surface area (Å²) in [5.41, 5.74) is 1.41. The topological polar surface area (TPSA) is 109 Å². The van der Waals surface area contributed by atoms with Gasteiger partial charge in [-0.05, 0) is 42.7 Å². The van der Waals surface area contributed by atoms with Gasteiger partial charge in [-0.3, -0.25) is 19.9 Å². The Kier molecular flexibility index (Phi) is 5.63. The fourth-order valence-electron chi connectivity index (χ4n) is 2.91. The van der Waals surface area contributed by atoms with Gasteiger partial charge in [0.05, 0.1) is 19.6 Å². The molecule has 0 unspecified atom stereocenters. The average Bonchev–Trinajstić information content (AvgIpc) is 3.09. The fourth-order valence-corrected chi connectivity index (χ4v) is 2.91. The molecule has 1 amide bonds. The molecule has 0 saturated carbocycles. The number of methoxy groups -OCH3 is 2. The lowest BCUT2D eigenvalue weighted by Crippen LogP contribution is -2.29. The minimum absolute atomic E-state index is 0.130. The third kappa shape index (κ3) is 4.59. The van der Waals surface area contributed by atoms with Crippen molar-refractivity contribution in [3.05, 3.63) is 45.9 Å². The Morgan fingerprint density at radius 3 is 2.52 bits per heavy atom. The predicted octanol–water partition coefficient (Wildman–Crippen LogP) is 3.04. The molecule has 0 aliphatic rings. The van der Waals surface area contributed by atoms with Crippen LogP contribution < -0.4 is 20.3 Å². The number of anilines is 1. The number of nitrogens with one attached hydrogen (secondary N) is 3. The van der Waals surface area contributed by atoms with Gasteiger partial charge in [0.15, 0.2) is 0 Å². The number of H-pyrrole nitrogens is 2. The van der Waals surface area contributed by atoms with E-state index in [4.69, 9.17) is 9.47 Å². The van der Waals surface area contributed by atoms with Crippen LogP contribution in [0.4, 0.5) is 5.95 Å². The third-order valence-electron chi connectivity index (χ3n) is 4.62. The molecule has 29 heavy (non-hydrogen) atoms. The molecule has 0 atom stereocenters. The van der Waals surface area contributed by atoms with Crippen LogP contribution in [0.15, 0.2) is 29.1 Å². The molecule has 2 aromatic heterocycles. The van der Waals surface area contributed by atoms with Crippen molar-refractivity contribution in [2.24, 2.45) is 5.41 Å². The number of ether oxygens (including phenoxy) is 2. The van der Waals surface area contributed by atoms with Gasteiger partial charge >= 0.3 is 0 Å². The van der Waals surface area contributed by atoms with E-state index in [9.17, 15) is 9.59 Å². The number of amides is 1. The zero-order valence-electron chi connectivity index (χ0n) is 17.3. The smallest absolute Gasteiger partial charge is 0.261 e. The molecule has 0 aliphatic carbocycles. The zero-order valence-corrected chi connectivity index (χ0v) is 17.3. The highest BCUT2D eigenvalue weighted by atomic mass is 16.5. The van der Waals surface area contributed by atoms with E-state index in [1.54, 1.807) is 41.1 Å². The van der Waals surface area contributed by atoms with Gasteiger partial charge in [-0.1, -0.05) is 20.8 Å². The summed E-state index contributed by atoms with van der Waals surface area (Å²) in [6, 6.07) is 7.44. The highest BCUT2D eigenvalue weighted by Gasteiger charge is 2.22. The van der Waals surface area contributed by atoms with Crippen LogP contribution in [0, 0.1) is 5.41 Å². The average molecular weight is 398 g/mol. The van der Waals surface area contributed by atoms with E-state index < -0.39 is 5.41 Å². The van der Waals surface area contributed by atoms with Gasteiger partial charge in [0.1, 0.15) is 17.1 Å². The van der Waals surface area contributed by atoms with E-state index in [-0.39, 0.29) is 17.4 Å². The molecule has 0 spiro atoms. The van der Waals surface area contributed by atoms with Crippen LogP contribution in [-0.2, 0) is 17.6 Å². The second kappa shape index (κ2) is 7.98. The number of nitrogens with zero attached hydrogens (tertiary/aromatic N) is 1. The van der Waals surface area contributed by atoms with Gasteiger partial charge in [0, 0.05) is 11.1 Å². The number of carbonyl (C=O) groups is 1. The number of hydrogen-bond acceptors (Lipinski definition) is 5. The molecule has 0 fully saturated rings. The third-order valence-corrected chi connectivity index (χ3v) is 4.62. The first-order valence-electron chi connectivity index (χ1n) is 9.35. The number of benzene rings is 1. The highest BCUT2D eigenvalue weighted by molar-refractivity contribution is 5.93.